The second-order valence-electron chi connectivity index (χ2n) is 3.48. The molecule has 88 valence electrons. The van der Waals surface area contributed by atoms with Gasteiger partial charge >= 0.3 is 0 Å². The van der Waals surface area contributed by atoms with Gasteiger partial charge in [-0.2, -0.15) is 0 Å². The number of hydrogen-bond acceptors (Lipinski definition) is 5. The van der Waals surface area contributed by atoms with Gasteiger partial charge in [0.2, 0.25) is 0 Å². The summed E-state index contributed by atoms with van der Waals surface area (Å²) in [6, 6.07) is 7.28. The molecule has 0 bridgehead atoms. The highest BCUT2D eigenvalue weighted by Gasteiger charge is 2.24. The molecule has 0 saturated heterocycles. The Kier molecular flexibility index (Phi) is 3.06. The number of para-hydroxylation sites is 2. The van der Waals surface area contributed by atoms with Gasteiger partial charge in [0.05, 0.1) is 16.3 Å². The third kappa shape index (κ3) is 2.12. The van der Waals surface area contributed by atoms with Gasteiger partial charge in [0.25, 0.3) is 5.70 Å². The molecule has 0 fully saturated rings. The Morgan fingerprint density at radius 3 is 2.82 bits per heavy atom. The van der Waals surface area contributed by atoms with E-state index < -0.39 is 0 Å². The van der Waals surface area contributed by atoms with E-state index in [1.54, 1.807) is 22.6 Å². The zero-order chi connectivity index (χ0) is 12.4. The SMILES string of the molecule is C/C(=C1/SC=CN1c1ccccc1N)[N+](=O)[O-]. The maximum atomic E-state index is 10.8. The van der Waals surface area contributed by atoms with Crippen LogP contribution in [0.4, 0.5) is 11.4 Å². The lowest BCUT2D eigenvalue weighted by molar-refractivity contribution is -0.424. The summed E-state index contributed by atoms with van der Waals surface area (Å²) in [6.07, 6.45) is 1.78. The van der Waals surface area contributed by atoms with E-state index in [2.05, 4.69) is 0 Å². The fraction of sp³-hybridized carbons (Fsp3) is 0.0909. The maximum absolute atomic E-state index is 10.8. The van der Waals surface area contributed by atoms with Crippen molar-refractivity contribution in [2.24, 2.45) is 0 Å². The summed E-state index contributed by atoms with van der Waals surface area (Å²) >= 11 is 1.32. The van der Waals surface area contributed by atoms with Crippen molar-refractivity contribution in [2.45, 2.75) is 6.92 Å². The summed E-state index contributed by atoms with van der Waals surface area (Å²) in [5.41, 5.74) is 7.32. The Morgan fingerprint density at radius 1 is 1.47 bits per heavy atom. The minimum absolute atomic E-state index is 0.114. The van der Waals surface area contributed by atoms with Crippen LogP contribution in [0.3, 0.4) is 0 Å². The highest BCUT2D eigenvalue weighted by molar-refractivity contribution is 8.06. The van der Waals surface area contributed by atoms with Crippen LogP contribution in [0.2, 0.25) is 0 Å². The van der Waals surface area contributed by atoms with Crippen LogP contribution in [0.25, 0.3) is 0 Å². The molecule has 1 aromatic rings. The summed E-state index contributed by atoms with van der Waals surface area (Å²) < 4.78 is 0. The third-order valence-corrected chi connectivity index (χ3v) is 3.36. The van der Waals surface area contributed by atoms with Crippen LogP contribution in [-0.2, 0) is 0 Å². The normalized spacial score (nSPS) is 17.4. The van der Waals surface area contributed by atoms with Crippen molar-refractivity contribution in [3.63, 3.8) is 0 Å². The molecule has 17 heavy (non-hydrogen) atoms. The Morgan fingerprint density at radius 2 is 2.18 bits per heavy atom. The molecule has 0 saturated carbocycles. The number of anilines is 2. The lowest BCUT2D eigenvalue weighted by Gasteiger charge is -2.18. The van der Waals surface area contributed by atoms with Gasteiger partial charge < -0.3 is 10.6 Å². The quantitative estimate of drug-likeness (QED) is 0.495. The average molecular weight is 249 g/mol. The molecule has 2 N–H and O–H groups in total. The van der Waals surface area contributed by atoms with E-state index in [0.29, 0.717) is 10.7 Å². The zero-order valence-corrected chi connectivity index (χ0v) is 9.98. The van der Waals surface area contributed by atoms with Gasteiger partial charge in [-0.25, -0.2) is 0 Å². The molecular formula is C11H11N3O2S. The summed E-state index contributed by atoms with van der Waals surface area (Å²) in [4.78, 5) is 12.1. The van der Waals surface area contributed by atoms with Gasteiger partial charge in [0.15, 0.2) is 5.03 Å². The number of nitrogens with two attached hydrogens (primary N) is 1. The molecule has 6 heteroatoms. The van der Waals surface area contributed by atoms with Crippen molar-refractivity contribution >= 4 is 23.1 Å². The largest absolute Gasteiger partial charge is 0.397 e. The Labute approximate surface area is 103 Å². The number of thioether (sulfide) groups is 1. The van der Waals surface area contributed by atoms with Crippen LogP contribution in [0.15, 0.2) is 46.6 Å². The molecule has 0 atom stereocenters. The van der Waals surface area contributed by atoms with Crippen LogP contribution in [0, 0.1) is 10.1 Å². The zero-order valence-electron chi connectivity index (χ0n) is 9.16. The number of nitrogen functional groups attached to an aromatic ring is 1. The first-order chi connectivity index (χ1) is 8.11. The van der Waals surface area contributed by atoms with E-state index in [1.165, 1.54) is 18.7 Å². The van der Waals surface area contributed by atoms with Crippen LogP contribution in [0.1, 0.15) is 6.92 Å². The smallest absolute Gasteiger partial charge is 0.273 e. The summed E-state index contributed by atoms with van der Waals surface area (Å²) in [7, 11) is 0. The van der Waals surface area contributed by atoms with Crippen molar-refractivity contribution in [1.29, 1.82) is 0 Å². The van der Waals surface area contributed by atoms with Crippen LogP contribution >= 0.6 is 11.8 Å². The fourth-order valence-corrected chi connectivity index (χ4v) is 2.34. The summed E-state index contributed by atoms with van der Waals surface area (Å²) in [5, 5.41) is 13.2. The molecule has 2 rings (SSSR count). The average Bonchev–Trinajstić information content (AvgIpc) is 2.77. The molecule has 0 spiro atoms. The van der Waals surface area contributed by atoms with Gasteiger partial charge in [0, 0.05) is 13.1 Å². The van der Waals surface area contributed by atoms with Crippen molar-refractivity contribution in [3.05, 3.63) is 56.7 Å². The molecule has 0 radical (unpaired) electrons. The van der Waals surface area contributed by atoms with Gasteiger partial charge in [0.1, 0.15) is 0 Å². The van der Waals surface area contributed by atoms with Gasteiger partial charge in [-0.05, 0) is 17.5 Å². The highest BCUT2D eigenvalue weighted by atomic mass is 32.2. The van der Waals surface area contributed by atoms with E-state index >= 15 is 0 Å². The molecule has 1 heterocycles. The minimum Gasteiger partial charge on any atom is -0.397 e. The molecule has 0 aliphatic carbocycles. The number of rotatable bonds is 2. The van der Waals surface area contributed by atoms with Crippen molar-refractivity contribution in [3.8, 4) is 0 Å². The number of nitro groups is 1. The summed E-state index contributed by atoms with van der Waals surface area (Å²) in [5.74, 6) is 0. The lowest BCUT2D eigenvalue weighted by atomic mass is 10.2. The van der Waals surface area contributed by atoms with Crippen molar-refractivity contribution in [1.82, 2.24) is 0 Å². The van der Waals surface area contributed by atoms with E-state index in [1.807, 2.05) is 18.2 Å². The Hall–Kier alpha value is -1.95. The maximum Gasteiger partial charge on any atom is 0.273 e. The third-order valence-electron chi connectivity index (χ3n) is 2.39. The minimum atomic E-state index is -0.387. The van der Waals surface area contributed by atoms with Gasteiger partial charge in [-0.1, -0.05) is 23.9 Å². The van der Waals surface area contributed by atoms with E-state index in [4.69, 9.17) is 5.73 Å². The second-order valence-corrected chi connectivity index (χ2v) is 4.37. The first-order valence-corrected chi connectivity index (χ1v) is 5.81. The molecule has 0 amide bonds. The second kappa shape index (κ2) is 4.50. The van der Waals surface area contributed by atoms with Gasteiger partial charge in [-0.15, -0.1) is 0 Å². The molecule has 1 aliphatic rings. The summed E-state index contributed by atoms with van der Waals surface area (Å²) in [6.45, 7) is 1.49. The fourth-order valence-electron chi connectivity index (χ4n) is 1.51. The first-order valence-electron chi connectivity index (χ1n) is 4.93. The van der Waals surface area contributed by atoms with E-state index in [0.717, 1.165) is 5.69 Å². The van der Waals surface area contributed by atoms with E-state index in [-0.39, 0.29) is 10.6 Å². The molecule has 1 aromatic carbocycles. The van der Waals surface area contributed by atoms with Crippen LogP contribution in [0.5, 0.6) is 0 Å². The van der Waals surface area contributed by atoms with Crippen LogP contribution < -0.4 is 10.6 Å². The first kappa shape index (κ1) is 11.5. The lowest BCUT2D eigenvalue weighted by Crippen LogP contribution is -2.15. The molecule has 0 aromatic heterocycles. The topological polar surface area (TPSA) is 72.4 Å². The predicted octanol–water partition coefficient (Wildman–Crippen LogP) is 2.76. The standard InChI is InChI=1S/C11H11N3O2S/c1-8(14(15)16)11-13(6-7-17-11)10-5-3-2-4-9(10)12/h2-7H,12H2,1H3/b11-8-. The van der Waals surface area contributed by atoms with Gasteiger partial charge in [-0.3, -0.25) is 10.1 Å². The van der Waals surface area contributed by atoms with Crippen molar-refractivity contribution in [2.75, 3.05) is 10.6 Å². The van der Waals surface area contributed by atoms with Crippen LogP contribution in [-0.4, -0.2) is 4.92 Å². The predicted molar refractivity (Wildman–Crippen MR) is 69.8 cm³/mol. The highest BCUT2D eigenvalue weighted by Crippen LogP contribution is 2.38. The molecule has 1 aliphatic heterocycles. The van der Waals surface area contributed by atoms with Crippen molar-refractivity contribution < 1.29 is 4.92 Å². The number of allylic oxidation sites excluding steroid dienone is 1. The number of hydrogen-bond donors (Lipinski definition) is 1. The monoisotopic (exact) mass is 249 g/mol. The molecule has 0 unspecified atom stereocenters. The molecule has 5 nitrogen and oxygen atoms in total. The number of nitrogens with zero attached hydrogens (tertiary/aromatic N) is 2. The Bertz CT molecular complexity index is 525. The molecular weight excluding hydrogens is 238 g/mol. The van der Waals surface area contributed by atoms with E-state index in [9.17, 15) is 10.1 Å². The Balaban J connectivity index is 2.46. The number of benzene rings is 1.